The number of hydrogen-bond acceptors (Lipinski definition) is 3. The molecule has 0 aliphatic heterocycles. The third-order valence-corrected chi connectivity index (χ3v) is 4.31. The molecule has 0 unspecified atom stereocenters. The Labute approximate surface area is 122 Å². The van der Waals surface area contributed by atoms with Crippen LogP contribution in [0.25, 0.3) is 11.3 Å². The number of halogens is 3. The lowest BCUT2D eigenvalue weighted by atomic mass is 10.1. The Bertz CT molecular complexity index is 554. The highest BCUT2D eigenvalue weighted by Gasteiger charge is 2.15. The summed E-state index contributed by atoms with van der Waals surface area (Å²) in [5.41, 5.74) is 1.78. The normalized spacial score (nSPS) is 11.3. The molecular weight excluding hydrogens is 336 g/mol. The van der Waals surface area contributed by atoms with Crippen molar-refractivity contribution in [3.8, 4) is 17.0 Å². The molecule has 0 saturated heterocycles. The Hall–Kier alpha value is -1.01. The molecule has 1 aromatic carbocycles. The van der Waals surface area contributed by atoms with Crippen molar-refractivity contribution >= 4 is 27.3 Å². The first-order valence-corrected chi connectivity index (χ1v) is 7.29. The van der Waals surface area contributed by atoms with Crippen molar-refractivity contribution in [2.24, 2.45) is 0 Å². The molecule has 2 rings (SSSR count). The topological polar surface area (TPSA) is 22.1 Å². The highest BCUT2D eigenvalue weighted by atomic mass is 79.9. The molecule has 19 heavy (non-hydrogen) atoms. The molecule has 0 aliphatic carbocycles. The average molecular weight is 348 g/mol. The minimum absolute atomic E-state index is 0.152. The lowest BCUT2D eigenvalue weighted by molar-refractivity contribution is -0.0498. The van der Waals surface area contributed by atoms with E-state index in [1.165, 1.54) is 12.1 Å². The number of rotatable bonds is 4. The zero-order valence-electron chi connectivity index (χ0n) is 10.4. The van der Waals surface area contributed by atoms with Gasteiger partial charge < -0.3 is 4.74 Å². The van der Waals surface area contributed by atoms with E-state index >= 15 is 0 Å². The summed E-state index contributed by atoms with van der Waals surface area (Å²) in [6, 6.07) is 6.54. The number of ether oxygens (including phenoxy) is 1. The van der Waals surface area contributed by atoms with Gasteiger partial charge >= 0.3 is 6.61 Å². The van der Waals surface area contributed by atoms with Gasteiger partial charge in [-0.1, -0.05) is 13.8 Å². The maximum absolute atomic E-state index is 12.1. The summed E-state index contributed by atoms with van der Waals surface area (Å²) in [5, 5.41) is 0. The van der Waals surface area contributed by atoms with Gasteiger partial charge in [-0.2, -0.15) is 8.78 Å². The number of aromatic nitrogens is 1. The van der Waals surface area contributed by atoms with Gasteiger partial charge in [-0.05, 0) is 46.1 Å². The average Bonchev–Trinajstić information content (AvgIpc) is 2.72. The van der Waals surface area contributed by atoms with Crippen LogP contribution in [-0.4, -0.2) is 11.6 Å². The van der Waals surface area contributed by atoms with Crippen LogP contribution in [0.15, 0.2) is 28.2 Å². The largest absolute Gasteiger partial charge is 0.435 e. The van der Waals surface area contributed by atoms with E-state index in [1.807, 2.05) is 0 Å². The Morgan fingerprint density at radius 3 is 2.37 bits per heavy atom. The summed E-state index contributed by atoms with van der Waals surface area (Å²) in [6.07, 6.45) is 0. The van der Waals surface area contributed by atoms with Crippen LogP contribution in [0.1, 0.15) is 24.6 Å². The van der Waals surface area contributed by atoms with Gasteiger partial charge in [0.05, 0.1) is 5.69 Å². The van der Waals surface area contributed by atoms with E-state index in [0.29, 0.717) is 5.92 Å². The summed E-state index contributed by atoms with van der Waals surface area (Å²) in [4.78, 5) is 5.60. The summed E-state index contributed by atoms with van der Waals surface area (Å²) in [7, 11) is 0. The van der Waals surface area contributed by atoms with Crippen molar-refractivity contribution in [1.82, 2.24) is 4.98 Å². The lowest BCUT2D eigenvalue weighted by Gasteiger charge is -2.07. The number of benzene rings is 1. The quantitative estimate of drug-likeness (QED) is 0.748. The number of thiazole rings is 1. The van der Waals surface area contributed by atoms with E-state index < -0.39 is 6.61 Å². The Morgan fingerprint density at radius 2 is 1.84 bits per heavy atom. The van der Waals surface area contributed by atoms with Crippen molar-refractivity contribution in [3.63, 3.8) is 0 Å². The molecule has 2 aromatic rings. The van der Waals surface area contributed by atoms with E-state index in [9.17, 15) is 8.78 Å². The first-order valence-electron chi connectivity index (χ1n) is 5.69. The maximum atomic E-state index is 12.1. The molecule has 6 heteroatoms. The first-order chi connectivity index (χ1) is 8.97. The van der Waals surface area contributed by atoms with Crippen LogP contribution < -0.4 is 4.74 Å². The van der Waals surface area contributed by atoms with Crippen molar-refractivity contribution in [1.29, 1.82) is 0 Å². The van der Waals surface area contributed by atoms with Gasteiger partial charge in [0.1, 0.15) is 5.75 Å². The molecule has 0 atom stereocenters. The van der Waals surface area contributed by atoms with Crippen molar-refractivity contribution in [2.75, 3.05) is 0 Å². The zero-order chi connectivity index (χ0) is 14.0. The van der Waals surface area contributed by atoms with Gasteiger partial charge in [0.25, 0.3) is 0 Å². The first kappa shape index (κ1) is 14.4. The van der Waals surface area contributed by atoms with E-state index in [0.717, 1.165) is 20.1 Å². The zero-order valence-corrected chi connectivity index (χ0v) is 12.8. The van der Waals surface area contributed by atoms with Gasteiger partial charge in [0.2, 0.25) is 0 Å². The Morgan fingerprint density at radius 1 is 1.21 bits per heavy atom. The molecule has 2 nitrogen and oxygen atoms in total. The molecule has 0 fully saturated rings. The van der Waals surface area contributed by atoms with Crippen LogP contribution in [0.4, 0.5) is 8.78 Å². The van der Waals surface area contributed by atoms with Crippen LogP contribution in [0, 0.1) is 0 Å². The van der Waals surface area contributed by atoms with Crippen molar-refractivity contribution < 1.29 is 13.5 Å². The Kier molecular flexibility index (Phi) is 4.52. The highest BCUT2D eigenvalue weighted by Crippen LogP contribution is 2.36. The van der Waals surface area contributed by atoms with Gasteiger partial charge in [0, 0.05) is 10.4 Å². The summed E-state index contributed by atoms with van der Waals surface area (Å²) >= 11 is 4.97. The molecule has 0 N–H and O–H groups in total. The summed E-state index contributed by atoms with van der Waals surface area (Å²) in [6.45, 7) is 1.39. The summed E-state index contributed by atoms with van der Waals surface area (Å²) in [5.74, 6) is 0.509. The second-order valence-corrected chi connectivity index (χ2v) is 6.54. The molecule has 0 saturated carbocycles. The van der Waals surface area contributed by atoms with Crippen LogP contribution in [0.2, 0.25) is 0 Å². The number of hydrogen-bond donors (Lipinski definition) is 0. The number of nitrogens with zero attached hydrogens (tertiary/aromatic N) is 1. The summed E-state index contributed by atoms with van der Waals surface area (Å²) < 4.78 is 29.3. The molecule has 0 aliphatic rings. The molecule has 0 bridgehead atoms. The predicted molar refractivity (Wildman–Crippen MR) is 76.0 cm³/mol. The number of alkyl halides is 2. The van der Waals surface area contributed by atoms with Gasteiger partial charge in [0.15, 0.2) is 3.92 Å². The monoisotopic (exact) mass is 347 g/mol. The third-order valence-electron chi connectivity index (χ3n) is 2.50. The van der Waals surface area contributed by atoms with Gasteiger partial charge in [-0.3, -0.25) is 0 Å². The predicted octanol–water partition coefficient (Wildman–Crippen LogP) is 5.30. The van der Waals surface area contributed by atoms with Crippen LogP contribution in [0.5, 0.6) is 5.75 Å². The minimum Gasteiger partial charge on any atom is -0.435 e. The third kappa shape index (κ3) is 3.51. The molecule has 0 spiro atoms. The van der Waals surface area contributed by atoms with E-state index in [2.05, 4.69) is 39.5 Å². The van der Waals surface area contributed by atoms with Gasteiger partial charge in [-0.15, -0.1) is 11.3 Å². The lowest BCUT2D eigenvalue weighted by Crippen LogP contribution is -2.01. The van der Waals surface area contributed by atoms with Crippen molar-refractivity contribution in [2.45, 2.75) is 26.4 Å². The molecule has 0 amide bonds. The van der Waals surface area contributed by atoms with Crippen LogP contribution >= 0.6 is 27.3 Å². The van der Waals surface area contributed by atoms with Crippen LogP contribution in [-0.2, 0) is 0 Å². The fourth-order valence-corrected chi connectivity index (χ4v) is 3.21. The smallest absolute Gasteiger partial charge is 0.387 e. The second kappa shape index (κ2) is 5.96. The van der Waals surface area contributed by atoms with Crippen molar-refractivity contribution in [3.05, 3.63) is 33.1 Å². The highest BCUT2D eigenvalue weighted by molar-refractivity contribution is 9.11. The maximum Gasteiger partial charge on any atom is 0.387 e. The van der Waals surface area contributed by atoms with E-state index in [1.54, 1.807) is 23.5 Å². The molecular formula is C13H12BrF2NOS. The SMILES string of the molecule is CC(C)c1sc(Br)nc1-c1ccc(OC(F)F)cc1. The standard InChI is InChI=1S/C13H12BrF2NOS/c1-7(2)11-10(17-12(14)19-11)8-3-5-9(6-4-8)18-13(15)16/h3-7,13H,1-2H3. The fraction of sp³-hybridized carbons (Fsp3) is 0.308. The second-order valence-electron chi connectivity index (χ2n) is 4.24. The fourth-order valence-electron chi connectivity index (χ4n) is 1.70. The van der Waals surface area contributed by atoms with Gasteiger partial charge in [-0.25, -0.2) is 4.98 Å². The Balaban J connectivity index is 2.32. The molecule has 102 valence electrons. The van der Waals surface area contributed by atoms with E-state index in [4.69, 9.17) is 0 Å². The molecule has 0 radical (unpaired) electrons. The van der Waals surface area contributed by atoms with Crippen LogP contribution in [0.3, 0.4) is 0 Å². The van der Waals surface area contributed by atoms with E-state index in [-0.39, 0.29) is 5.75 Å². The minimum atomic E-state index is -2.80. The molecule has 1 heterocycles. The molecule has 1 aromatic heterocycles.